The summed E-state index contributed by atoms with van der Waals surface area (Å²) in [5, 5.41) is 2.65. The van der Waals surface area contributed by atoms with Gasteiger partial charge < -0.3 is 0 Å². The summed E-state index contributed by atoms with van der Waals surface area (Å²) in [6, 6.07) is 15.1. The quantitative estimate of drug-likeness (QED) is 0.453. The van der Waals surface area contributed by atoms with E-state index in [0.29, 0.717) is 0 Å². The Hall–Kier alpha value is -2.30. The maximum atomic E-state index is 3.21. The van der Waals surface area contributed by atoms with Crippen LogP contribution in [0.3, 0.4) is 0 Å². The van der Waals surface area contributed by atoms with E-state index in [-0.39, 0.29) is 5.41 Å². The van der Waals surface area contributed by atoms with E-state index in [1.807, 2.05) is 32.1 Å². The third kappa shape index (κ3) is 8.70. The first-order valence-corrected chi connectivity index (χ1v) is 9.27. The Morgan fingerprint density at radius 3 is 2.27 bits per heavy atom. The Morgan fingerprint density at radius 1 is 0.962 bits per heavy atom. The normalized spacial score (nSPS) is 11.5. The van der Waals surface area contributed by atoms with Crippen molar-refractivity contribution in [2.75, 3.05) is 13.6 Å². The summed E-state index contributed by atoms with van der Waals surface area (Å²) in [5.41, 5.74) is 1.44. The van der Waals surface area contributed by atoms with Crippen molar-refractivity contribution in [3.05, 3.63) is 72.3 Å². The molecule has 0 fully saturated rings. The predicted molar refractivity (Wildman–Crippen MR) is 117 cm³/mol. The zero-order valence-corrected chi connectivity index (χ0v) is 17.2. The molecule has 26 heavy (non-hydrogen) atoms. The topological polar surface area (TPSA) is 3.24 Å². The standard InChI is InChI=1S/C21H25N.C4H8/c1-21(2,3)15-8-5-9-16-22(4)17-19-13-10-12-18-11-6-7-14-20(18)19;1-3-4-2/h5-7,9-14H,16-17H2,1-4H3;3-4H,1-2H3/b9-5+;4-3-. The SMILES string of the molecule is C/C=C\C.CN(C/C=C/C#CC(C)(C)C)Cc1cccc2ccccc12. The highest BCUT2D eigenvalue weighted by atomic mass is 15.1. The van der Waals surface area contributed by atoms with Crippen LogP contribution >= 0.6 is 0 Å². The third-order valence-electron chi connectivity index (χ3n) is 3.72. The third-order valence-corrected chi connectivity index (χ3v) is 3.72. The fourth-order valence-electron chi connectivity index (χ4n) is 2.34. The largest absolute Gasteiger partial charge is 0.298 e. The van der Waals surface area contributed by atoms with Crippen molar-refractivity contribution in [3.63, 3.8) is 0 Å². The minimum Gasteiger partial charge on any atom is -0.298 e. The Bertz CT molecular complexity index is 770. The van der Waals surface area contributed by atoms with Crippen LogP contribution in [0.1, 0.15) is 40.2 Å². The van der Waals surface area contributed by atoms with Crippen molar-refractivity contribution in [1.29, 1.82) is 0 Å². The molecule has 2 aromatic rings. The van der Waals surface area contributed by atoms with Crippen molar-refractivity contribution < 1.29 is 0 Å². The van der Waals surface area contributed by atoms with Gasteiger partial charge in [0, 0.05) is 18.5 Å². The minimum absolute atomic E-state index is 0.0686. The van der Waals surface area contributed by atoms with E-state index < -0.39 is 0 Å². The zero-order chi connectivity index (χ0) is 19.4. The number of hydrogen-bond acceptors (Lipinski definition) is 1. The van der Waals surface area contributed by atoms with Crippen LogP contribution in [0.25, 0.3) is 10.8 Å². The molecule has 0 aromatic heterocycles. The second-order valence-corrected chi connectivity index (χ2v) is 7.42. The van der Waals surface area contributed by atoms with E-state index in [2.05, 4.69) is 93.1 Å². The number of hydrogen-bond donors (Lipinski definition) is 0. The molecule has 1 heteroatoms. The molecule has 0 aliphatic heterocycles. The predicted octanol–water partition coefficient (Wildman–Crippen LogP) is 6.46. The molecule has 0 spiro atoms. The van der Waals surface area contributed by atoms with Crippen molar-refractivity contribution in [2.24, 2.45) is 5.41 Å². The lowest BCUT2D eigenvalue weighted by Gasteiger charge is -2.15. The molecule has 0 saturated carbocycles. The fourth-order valence-corrected chi connectivity index (χ4v) is 2.34. The van der Waals surface area contributed by atoms with Gasteiger partial charge in [0.15, 0.2) is 0 Å². The summed E-state index contributed by atoms with van der Waals surface area (Å²) in [6.07, 6.45) is 8.09. The summed E-state index contributed by atoms with van der Waals surface area (Å²) in [5.74, 6) is 6.33. The zero-order valence-electron chi connectivity index (χ0n) is 17.2. The molecule has 2 aromatic carbocycles. The number of benzene rings is 2. The Morgan fingerprint density at radius 2 is 1.62 bits per heavy atom. The highest BCUT2D eigenvalue weighted by molar-refractivity contribution is 5.85. The maximum absolute atomic E-state index is 3.21. The highest BCUT2D eigenvalue weighted by Gasteiger charge is 2.03. The smallest absolute Gasteiger partial charge is 0.0240 e. The van der Waals surface area contributed by atoms with Crippen LogP contribution in [-0.2, 0) is 6.54 Å². The molecular formula is C25H33N. The van der Waals surface area contributed by atoms with Gasteiger partial charge in [-0.25, -0.2) is 0 Å². The van der Waals surface area contributed by atoms with Gasteiger partial charge in [0.25, 0.3) is 0 Å². The molecule has 0 heterocycles. The number of allylic oxidation sites excluding steroid dienone is 3. The van der Waals surface area contributed by atoms with Gasteiger partial charge in [0.1, 0.15) is 0 Å². The molecule has 0 radical (unpaired) electrons. The average molecular weight is 348 g/mol. The van der Waals surface area contributed by atoms with E-state index in [0.717, 1.165) is 13.1 Å². The number of rotatable bonds is 4. The Labute approximate surface area is 160 Å². The summed E-state index contributed by atoms with van der Waals surface area (Å²) in [4.78, 5) is 2.30. The molecule has 0 aliphatic rings. The van der Waals surface area contributed by atoms with Crippen LogP contribution in [0.15, 0.2) is 66.8 Å². The highest BCUT2D eigenvalue weighted by Crippen LogP contribution is 2.19. The Kier molecular flexibility index (Phi) is 9.48. The van der Waals surface area contributed by atoms with Crippen molar-refractivity contribution >= 4 is 10.8 Å². The summed E-state index contributed by atoms with van der Waals surface area (Å²) in [6.45, 7) is 12.2. The van der Waals surface area contributed by atoms with Gasteiger partial charge in [0.05, 0.1) is 0 Å². The van der Waals surface area contributed by atoms with Gasteiger partial charge in [-0.15, -0.1) is 0 Å². The second-order valence-electron chi connectivity index (χ2n) is 7.42. The van der Waals surface area contributed by atoms with E-state index >= 15 is 0 Å². The van der Waals surface area contributed by atoms with Crippen LogP contribution < -0.4 is 0 Å². The van der Waals surface area contributed by atoms with E-state index in [9.17, 15) is 0 Å². The first-order valence-electron chi connectivity index (χ1n) is 9.27. The molecular weight excluding hydrogens is 314 g/mol. The lowest BCUT2D eigenvalue weighted by Crippen LogP contribution is -2.17. The molecule has 0 aliphatic carbocycles. The van der Waals surface area contributed by atoms with Crippen molar-refractivity contribution in [2.45, 2.75) is 41.2 Å². The maximum Gasteiger partial charge on any atom is 0.0240 e. The van der Waals surface area contributed by atoms with Crippen LogP contribution in [0.2, 0.25) is 0 Å². The Balaban J connectivity index is 0.000000765. The molecule has 0 unspecified atom stereocenters. The van der Waals surface area contributed by atoms with E-state index in [1.54, 1.807) is 0 Å². The van der Waals surface area contributed by atoms with Gasteiger partial charge in [-0.3, -0.25) is 4.90 Å². The molecule has 0 atom stereocenters. The van der Waals surface area contributed by atoms with E-state index in [4.69, 9.17) is 0 Å². The summed E-state index contributed by atoms with van der Waals surface area (Å²) >= 11 is 0. The lowest BCUT2D eigenvalue weighted by molar-refractivity contribution is 0.365. The molecule has 138 valence electrons. The first-order chi connectivity index (χ1) is 12.4. The molecule has 0 bridgehead atoms. The van der Waals surface area contributed by atoms with Gasteiger partial charge in [-0.05, 0) is 64.1 Å². The first kappa shape index (κ1) is 21.7. The number of likely N-dealkylation sites (N-methyl/N-ethyl adjacent to an activating group) is 1. The van der Waals surface area contributed by atoms with Gasteiger partial charge in [0.2, 0.25) is 0 Å². The molecule has 0 saturated heterocycles. The van der Waals surface area contributed by atoms with Gasteiger partial charge >= 0.3 is 0 Å². The van der Waals surface area contributed by atoms with Crippen molar-refractivity contribution in [3.8, 4) is 11.8 Å². The monoisotopic (exact) mass is 347 g/mol. The van der Waals surface area contributed by atoms with Crippen molar-refractivity contribution in [1.82, 2.24) is 4.90 Å². The van der Waals surface area contributed by atoms with Crippen LogP contribution in [-0.4, -0.2) is 18.5 Å². The van der Waals surface area contributed by atoms with Gasteiger partial charge in [-0.1, -0.05) is 72.5 Å². The minimum atomic E-state index is 0.0686. The summed E-state index contributed by atoms with van der Waals surface area (Å²) in [7, 11) is 2.14. The average Bonchev–Trinajstić information content (AvgIpc) is 2.61. The number of fused-ring (bicyclic) bond motifs is 1. The fraction of sp³-hybridized carbons (Fsp3) is 0.360. The van der Waals surface area contributed by atoms with Gasteiger partial charge in [-0.2, -0.15) is 0 Å². The second kappa shape index (κ2) is 11.3. The molecule has 0 amide bonds. The molecule has 2 rings (SSSR count). The molecule has 1 nitrogen and oxygen atoms in total. The van der Waals surface area contributed by atoms with E-state index in [1.165, 1.54) is 16.3 Å². The van der Waals surface area contributed by atoms with Crippen LogP contribution in [0.4, 0.5) is 0 Å². The molecule has 0 N–H and O–H groups in total. The lowest BCUT2D eigenvalue weighted by atomic mass is 9.98. The van der Waals surface area contributed by atoms with Crippen LogP contribution in [0, 0.1) is 17.3 Å². The van der Waals surface area contributed by atoms with Crippen LogP contribution in [0.5, 0.6) is 0 Å². The summed E-state index contributed by atoms with van der Waals surface area (Å²) < 4.78 is 0. The number of nitrogens with zero attached hydrogens (tertiary/aromatic N) is 1.